The van der Waals surface area contributed by atoms with Gasteiger partial charge in [-0.15, -0.1) is 0 Å². The first kappa shape index (κ1) is 28.1. The molecule has 32 heavy (non-hydrogen) atoms. The highest BCUT2D eigenvalue weighted by molar-refractivity contribution is 7.98. The van der Waals surface area contributed by atoms with E-state index in [9.17, 15) is 19.2 Å². The number of hydrogen-bond donors (Lipinski definition) is 7. The van der Waals surface area contributed by atoms with Gasteiger partial charge in [-0.3, -0.25) is 14.4 Å². The van der Waals surface area contributed by atoms with E-state index in [-0.39, 0.29) is 17.9 Å². The first-order valence-corrected chi connectivity index (χ1v) is 12.5. The van der Waals surface area contributed by atoms with Gasteiger partial charge in [-0.05, 0) is 24.0 Å². The molecule has 9 nitrogen and oxygen atoms in total. The number of thioether (sulfide) groups is 1. The summed E-state index contributed by atoms with van der Waals surface area (Å²) in [6, 6.07) is 5.00. The number of nitrogens with one attached hydrogen (secondary N) is 3. The lowest BCUT2D eigenvalue weighted by Crippen LogP contribution is -2.58. The van der Waals surface area contributed by atoms with Gasteiger partial charge < -0.3 is 26.8 Å². The second-order valence-corrected chi connectivity index (χ2v) is 8.68. The van der Waals surface area contributed by atoms with E-state index < -0.39 is 47.9 Å². The topological polar surface area (TPSA) is 151 Å². The molecule has 12 heteroatoms. The molecule has 0 saturated carbocycles. The number of amides is 3. The van der Waals surface area contributed by atoms with Crippen LogP contribution >= 0.6 is 37.0 Å². The number of carbonyl (C=O) groups excluding carboxylic acids is 3. The Labute approximate surface area is 202 Å². The predicted molar refractivity (Wildman–Crippen MR) is 132 cm³/mol. The standard InChI is InChI=1S/C20H30N4O5S3/c1-32-8-7-13(21)17(25)22-14(9-12-5-3-2-4-6-12)18(26)23-15(10-30)19(27)24-16(11-31)20(28)29/h2-6,13-16,30-31H,7-11,21H2,1H3,(H,22,25)(H,23,26)(H,24,27)(H,28,29). The molecule has 0 heterocycles. The third kappa shape index (κ3) is 9.72. The lowest BCUT2D eigenvalue weighted by molar-refractivity contribution is -0.141. The summed E-state index contributed by atoms with van der Waals surface area (Å²) in [4.78, 5) is 49.0. The van der Waals surface area contributed by atoms with Gasteiger partial charge in [0.1, 0.15) is 18.1 Å². The van der Waals surface area contributed by atoms with Gasteiger partial charge in [-0.2, -0.15) is 37.0 Å². The van der Waals surface area contributed by atoms with Crippen LogP contribution in [-0.4, -0.2) is 76.5 Å². The normalized spacial score (nSPS) is 14.5. The van der Waals surface area contributed by atoms with E-state index in [1.165, 1.54) is 0 Å². The second kappa shape index (κ2) is 15.0. The summed E-state index contributed by atoms with van der Waals surface area (Å²) in [5.41, 5.74) is 6.73. The molecule has 0 saturated heterocycles. The minimum absolute atomic E-state index is 0.0737. The number of carbonyl (C=O) groups is 4. The third-order valence-corrected chi connectivity index (χ3v) is 5.87. The lowest BCUT2D eigenvalue weighted by Gasteiger charge is -2.24. The summed E-state index contributed by atoms with van der Waals surface area (Å²) in [7, 11) is 0. The van der Waals surface area contributed by atoms with Gasteiger partial charge in [0.25, 0.3) is 0 Å². The fraction of sp³-hybridized carbons (Fsp3) is 0.500. The molecule has 1 aromatic rings. The molecule has 0 aromatic heterocycles. The molecule has 0 fully saturated rings. The van der Waals surface area contributed by atoms with Gasteiger partial charge in [0.2, 0.25) is 17.7 Å². The Bertz CT molecular complexity index is 769. The molecule has 0 aliphatic rings. The number of nitrogens with two attached hydrogens (primary N) is 1. The highest BCUT2D eigenvalue weighted by Gasteiger charge is 2.29. The van der Waals surface area contributed by atoms with Crippen LogP contribution in [0, 0.1) is 0 Å². The second-order valence-electron chi connectivity index (χ2n) is 6.96. The molecule has 4 atom stereocenters. The van der Waals surface area contributed by atoms with Gasteiger partial charge >= 0.3 is 5.97 Å². The third-order valence-electron chi connectivity index (χ3n) is 4.50. The summed E-state index contributed by atoms with van der Waals surface area (Å²) < 4.78 is 0. The Balaban J connectivity index is 2.93. The van der Waals surface area contributed by atoms with Crippen molar-refractivity contribution < 1.29 is 24.3 Å². The summed E-state index contributed by atoms with van der Waals surface area (Å²) >= 11 is 9.55. The monoisotopic (exact) mass is 502 g/mol. The van der Waals surface area contributed by atoms with Crippen LogP contribution in [0.25, 0.3) is 0 Å². The fourth-order valence-electron chi connectivity index (χ4n) is 2.64. The Kier molecular flexibility index (Phi) is 13.2. The smallest absolute Gasteiger partial charge is 0.327 e. The predicted octanol–water partition coefficient (Wildman–Crippen LogP) is -0.292. The van der Waals surface area contributed by atoms with Gasteiger partial charge in [0, 0.05) is 17.9 Å². The number of rotatable bonds is 14. The molecule has 0 aliphatic heterocycles. The van der Waals surface area contributed by atoms with Gasteiger partial charge in [-0.25, -0.2) is 4.79 Å². The molecule has 0 spiro atoms. The highest BCUT2D eigenvalue weighted by atomic mass is 32.2. The van der Waals surface area contributed by atoms with Gasteiger partial charge in [0.05, 0.1) is 6.04 Å². The molecule has 178 valence electrons. The maximum absolute atomic E-state index is 13.0. The Morgan fingerprint density at radius 1 is 0.938 bits per heavy atom. The van der Waals surface area contributed by atoms with Crippen LogP contribution in [0.2, 0.25) is 0 Å². The first-order chi connectivity index (χ1) is 15.2. The van der Waals surface area contributed by atoms with E-state index in [2.05, 4.69) is 41.2 Å². The van der Waals surface area contributed by atoms with E-state index >= 15 is 0 Å². The Morgan fingerprint density at radius 3 is 2.00 bits per heavy atom. The number of carboxylic acids is 1. The molecule has 0 bridgehead atoms. The molecule has 6 N–H and O–H groups in total. The molecule has 0 radical (unpaired) electrons. The highest BCUT2D eigenvalue weighted by Crippen LogP contribution is 2.06. The van der Waals surface area contributed by atoms with Crippen LogP contribution in [0.5, 0.6) is 0 Å². The molecule has 0 aliphatic carbocycles. The van der Waals surface area contributed by atoms with E-state index in [0.717, 1.165) is 5.56 Å². The first-order valence-electron chi connectivity index (χ1n) is 9.87. The van der Waals surface area contributed by atoms with Crippen LogP contribution in [-0.2, 0) is 25.6 Å². The van der Waals surface area contributed by atoms with Crippen molar-refractivity contribution >= 4 is 60.7 Å². The zero-order valence-electron chi connectivity index (χ0n) is 17.7. The molecule has 1 rings (SSSR count). The number of aliphatic carboxylic acids is 1. The van der Waals surface area contributed by atoms with Crippen LogP contribution in [0.15, 0.2) is 30.3 Å². The van der Waals surface area contributed by atoms with Crippen LogP contribution in [0.4, 0.5) is 0 Å². The van der Waals surface area contributed by atoms with E-state index in [4.69, 9.17) is 10.8 Å². The maximum atomic E-state index is 13.0. The fourth-order valence-corrected chi connectivity index (χ4v) is 3.63. The van der Waals surface area contributed by atoms with E-state index in [0.29, 0.717) is 12.2 Å². The minimum Gasteiger partial charge on any atom is -0.480 e. The number of benzene rings is 1. The van der Waals surface area contributed by atoms with Crippen molar-refractivity contribution in [3.8, 4) is 0 Å². The van der Waals surface area contributed by atoms with Crippen molar-refractivity contribution in [3.05, 3.63) is 35.9 Å². The van der Waals surface area contributed by atoms with Crippen molar-refractivity contribution in [2.75, 3.05) is 23.5 Å². The zero-order chi connectivity index (χ0) is 24.1. The molecular formula is C20H30N4O5S3. The van der Waals surface area contributed by atoms with Crippen molar-refractivity contribution in [1.29, 1.82) is 0 Å². The summed E-state index contributed by atoms with van der Waals surface area (Å²) in [6.07, 6.45) is 2.54. The number of hydrogen-bond acceptors (Lipinski definition) is 8. The Hall–Kier alpha value is -1.89. The molecule has 1 aromatic carbocycles. The number of thiol groups is 2. The average Bonchev–Trinajstić information content (AvgIpc) is 2.78. The average molecular weight is 503 g/mol. The van der Waals surface area contributed by atoms with Crippen molar-refractivity contribution in [2.45, 2.75) is 37.0 Å². The van der Waals surface area contributed by atoms with Crippen LogP contribution < -0.4 is 21.7 Å². The maximum Gasteiger partial charge on any atom is 0.327 e. The van der Waals surface area contributed by atoms with Crippen molar-refractivity contribution in [1.82, 2.24) is 16.0 Å². The van der Waals surface area contributed by atoms with Crippen molar-refractivity contribution in [3.63, 3.8) is 0 Å². The minimum atomic E-state index is -1.24. The van der Waals surface area contributed by atoms with Crippen molar-refractivity contribution in [2.24, 2.45) is 5.73 Å². The lowest BCUT2D eigenvalue weighted by atomic mass is 10.0. The quantitative estimate of drug-likeness (QED) is 0.173. The van der Waals surface area contributed by atoms with E-state index in [1.807, 2.05) is 36.6 Å². The zero-order valence-corrected chi connectivity index (χ0v) is 20.3. The summed E-state index contributed by atoms with van der Waals surface area (Å²) in [6.45, 7) is 0. The van der Waals surface area contributed by atoms with Gasteiger partial charge in [-0.1, -0.05) is 30.3 Å². The molecule has 4 unspecified atom stereocenters. The molecule has 3 amide bonds. The van der Waals surface area contributed by atoms with E-state index in [1.54, 1.807) is 11.8 Å². The Morgan fingerprint density at radius 2 is 1.47 bits per heavy atom. The molecular weight excluding hydrogens is 472 g/mol. The number of carboxylic acid groups (broad SMARTS) is 1. The van der Waals surface area contributed by atoms with Crippen LogP contribution in [0.3, 0.4) is 0 Å². The SMILES string of the molecule is CSCCC(N)C(=O)NC(Cc1ccccc1)C(=O)NC(CS)C(=O)NC(CS)C(=O)O. The summed E-state index contributed by atoms with van der Waals surface area (Å²) in [5, 5.41) is 16.6. The van der Waals surface area contributed by atoms with Crippen LogP contribution in [0.1, 0.15) is 12.0 Å². The largest absolute Gasteiger partial charge is 0.480 e. The summed E-state index contributed by atoms with van der Waals surface area (Å²) in [5.74, 6) is -2.52. The van der Waals surface area contributed by atoms with Gasteiger partial charge in [0.15, 0.2) is 0 Å².